The molecule has 1 amide bonds. The van der Waals surface area contributed by atoms with E-state index in [1.807, 2.05) is 30.5 Å². The number of ether oxygens (including phenoxy) is 2. The minimum atomic E-state index is -0.182. The molecule has 29 heavy (non-hydrogen) atoms. The van der Waals surface area contributed by atoms with Crippen molar-refractivity contribution in [2.75, 3.05) is 33.4 Å². The Morgan fingerprint density at radius 1 is 1.28 bits per heavy atom. The Hall–Kier alpha value is -2.31. The lowest BCUT2D eigenvalue weighted by Crippen LogP contribution is -2.50. The number of carbonyl (C=O) groups is 1. The number of amides is 1. The normalized spacial score (nSPS) is 20.8. The molecule has 1 saturated heterocycles. The second kappa shape index (κ2) is 9.01. The number of hydrogen-bond donors (Lipinski definition) is 1. The summed E-state index contributed by atoms with van der Waals surface area (Å²) >= 11 is 0. The van der Waals surface area contributed by atoms with Gasteiger partial charge in [0.15, 0.2) is 0 Å². The number of nitrogens with zero attached hydrogens (tertiary/aromatic N) is 1. The third-order valence-electron chi connectivity index (χ3n) is 6.12. The average Bonchev–Trinajstić information content (AvgIpc) is 3.23. The van der Waals surface area contributed by atoms with E-state index < -0.39 is 0 Å². The lowest BCUT2D eigenvalue weighted by atomic mass is 9.76. The van der Waals surface area contributed by atoms with Gasteiger partial charge in [-0.05, 0) is 37.0 Å². The Kier molecular flexibility index (Phi) is 6.21. The fourth-order valence-electron chi connectivity index (χ4n) is 4.58. The fraction of sp³-hybridized carbons (Fsp3) is 0.522. The van der Waals surface area contributed by atoms with E-state index in [9.17, 15) is 4.79 Å². The summed E-state index contributed by atoms with van der Waals surface area (Å²) in [4.78, 5) is 14.9. The quantitative estimate of drug-likeness (QED) is 0.725. The number of piperidine rings is 1. The molecule has 2 aromatic rings. The summed E-state index contributed by atoms with van der Waals surface area (Å²) in [6.07, 6.45) is 6.87. The molecule has 2 aliphatic heterocycles. The van der Waals surface area contributed by atoms with Crippen LogP contribution in [0.5, 0.6) is 5.75 Å². The third kappa shape index (κ3) is 4.82. The van der Waals surface area contributed by atoms with Gasteiger partial charge in [-0.3, -0.25) is 9.69 Å². The molecule has 6 nitrogen and oxygen atoms in total. The maximum atomic E-state index is 12.5. The Morgan fingerprint density at radius 2 is 2.10 bits per heavy atom. The van der Waals surface area contributed by atoms with Gasteiger partial charge in [0.25, 0.3) is 0 Å². The second-order valence-electron chi connectivity index (χ2n) is 8.18. The molecule has 1 aromatic carbocycles. The van der Waals surface area contributed by atoms with Crippen LogP contribution >= 0.6 is 0 Å². The van der Waals surface area contributed by atoms with Gasteiger partial charge in [-0.1, -0.05) is 18.2 Å². The van der Waals surface area contributed by atoms with E-state index in [-0.39, 0.29) is 17.4 Å². The molecule has 4 rings (SSSR count). The molecule has 1 fully saturated rings. The van der Waals surface area contributed by atoms with Crippen molar-refractivity contribution < 1.29 is 18.7 Å². The van der Waals surface area contributed by atoms with Crippen molar-refractivity contribution in [3.8, 4) is 5.75 Å². The Bertz CT molecular complexity index is 797. The largest absolute Gasteiger partial charge is 0.487 e. The van der Waals surface area contributed by atoms with Gasteiger partial charge in [0.1, 0.15) is 11.4 Å². The molecule has 1 atom stereocenters. The van der Waals surface area contributed by atoms with Gasteiger partial charge in [0.05, 0.1) is 19.1 Å². The maximum Gasteiger partial charge on any atom is 0.220 e. The SMILES string of the molecule is COCCNC(=O)CC1CC2(CCN(Cc3ccoc3)CC2)Oc2ccccc21. The molecule has 156 valence electrons. The number of para-hydroxylation sites is 1. The minimum absolute atomic E-state index is 0.0799. The molecule has 0 bridgehead atoms. The van der Waals surface area contributed by atoms with E-state index in [4.69, 9.17) is 13.9 Å². The number of hydrogen-bond acceptors (Lipinski definition) is 5. The lowest BCUT2D eigenvalue weighted by Gasteiger charge is -2.47. The zero-order chi connectivity index (χ0) is 20.1. The number of likely N-dealkylation sites (tertiary alicyclic amines) is 1. The molecule has 3 heterocycles. The van der Waals surface area contributed by atoms with Crippen molar-refractivity contribution in [1.29, 1.82) is 0 Å². The number of methoxy groups -OCH3 is 1. The molecule has 2 aliphatic rings. The minimum Gasteiger partial charge on any atom is -0.487 e. The Labute approximate surface area is 172 Å². The number of rotatable bonds is 7. The van der Waals surface area contributed by atoms with Gasteiger partial charge in [-0.15, -0.1) is 0 Å². The summed E-state index contributed by atoms with van der Waals surface area (Å²) in [6, 6.07) is 10.2. The van der Waals surface area contributed by atoms with E-state index in [1.54, 1.807) is 13.4 Å². The smallest absolute Gasteiger partial charge is 0.220 e. The highest BCUT2D eigenvalue weighted by atomic mass is 16.5. The van der Waals surface area contributed by atoms with Gasteiger partial charge in [-0.25, -0.2) is 0 Å². The number of benzene rings is 1. The number of nitrogens with one attached hydrogen (secondary N) is 1. The highest BCUT2D eigenvalue weighted by Gasteiger charge is 2.43. The van der Waals surface area contributed by atoms with E-state index in [0.29, 0.717) is 19.6 Å². The second-order valence-corrected chi connectivity index (χ2v) is 8.18. The highest BCUT2D eigenvalue weighted by Crippen LogP contribution is 2.46. The van der Waals surface area contributed by atoms with Crippen molar-refractivity contribution >= 4 is 5.91 Å². The van der Waals surface area contributed by atoms with Crippen LogP contribution in [0.4, 0.5) is 0 Å². The summed E-state index contributed by atoms with van der Waals surface area (Å²) in [5.74, 6) is 1.20. The number of furan rings is 1. The predicted octanol–water partition coefficient (Wildman–Crippen LogP) is 3.33. The number of fused-ring (bicyclic) bond motifs is 1. The van der Waals surface area contributed by atoms with Crippen LogP contribution in [-0.2, 0) is 16.1 Å². The number of carbonyl (C=O) groups excluding carboxylic acids is 1. The van der Waals surface area contributed by atoms with Crippen LogP contribution in [0.3, 0.4) is 0 Å². The van der Waals surface area contributed by atoms with E-state index in [0.717, 1.165) is 50.2 Å². The fourth-order valence-corrected chi connectivity index (χ4v) is 4.58. The van der Waals surface area contributed by atoms with Crippen molar-refractivity contribution in [1.82, 2.24) is 10.2 Å². The van der Waals surface area contributed by atoms with Gasteiger partial charge < -0.3 is 19.2 Å². The standard InChI is InChI=1S/C23H30N2O4/c1-27-13-9-24-22(26)14-19-15-23(29-21-5-3-2-4-20(19)21)7-10-25(11-8-23)16-18-6-12-28-17-18/h2-6,12,17,19H,7-11,13-16H2,1H3,(H,24,26). The molecule has 1 unspecified atom stereocenters. The first-order valence-corrected chi connectivity index (χ1v) is 10.4. The summed E-state index contributed by atoms with van der Waals surface area (Å²) in [7, 11) is 1.64. The highest BCUT2D eigenvalue weighted by molar-refractivity contribution is 5.77. The van der Waals surface area contributed by atoms with Crippen molar-refractivity contribution in [3.63, 3.8) is 0 Å². The molecular formula is C23H30N2O4. The Balaban J connectivity index is 1.42. The summed E-state index contributed by atoms with van der Waals surface area (Å²) in [5, 5.41) is 2.96. The van der Waals surface area contributed by atoms with Crippen LogP contribution in [0.25, 0.3) is 0 Å². The molecule has 0 saturated carbocycles. The van der Waals surface area contributed by atoms with Crippen molar-refractivity contribution in [2.24, 2.45) is 0 Å². The first-order chi connectivity index (χ1) is 14.2. The maximum absolute atomic E-state index is 12.5. The molecular weight excluding hydrogens is 368 g/mol. The monoisotopic (exact) mass is 398 g/mol. The topological polar surface area (TPSA) is 63.9 Å². The van der Waals surface area contributed by atoms with Crippen LogP contribution in [0.2, 0.25) is 0 Å². The lowest BCUT2D eigenvalue weighted by molar-refractivity contribution is -0.122. The van der Waals surface area contributed by atoms with E-state index in [2.05, 4.69) is 16.3 Å². The summed E-state index contributed by atoms with van der Waals surface area (Å²) in [5.41, 5.74) is 2.18. The summed E-state index contributed by atoms with van der Waals surface area (Å²) < 4.78 is 16.8. The summed E-state index contributed by atoms with van der Waals surface area (Å²) in [6.45, 7) is 3.97. The van der Waals surface area contributed by atoms with Gasteiger partial charge in [0.2, 0.25) is 5.91 Å². The molecule has 1 aromatic heterocycles. The molecule has 6 heteroatoms. The zero-order valence-electron chi connectivity index (χ0n) is 17.1. The molecule has 0 radical (unpaired) electrons. The predicted molar refractivity (Wildman–Crippen MR) is 110 cm³/mol. The van der Waals surface area contributed by atoms with Crippen LogP contribution in [0.1, 0.15) is 42.7 Å². The average molecular weight is 399 g/mol. The molecule has 1 spiro atoms. The van der Waals surface area contributed by atoms with Crippen LogP contribution < -0.4 is 10.1 Å². The first kappa shape index (κ1) is 20.0. The van der Waals surface area contributed by atoms with Crippen LogP contribution in [0.15, 0.2) is 47.3 Å². The van der Waals surface area contributed by atoms with Gasteiger partial charge >= 0.3 is 0 Å². The van der Waals surface area contributed by atoms with Gasteiger partial charge in [-0.2, -0.15) is 0 Å². The van der Waals surface area contributed by atoms with E-state index >= 15 is 0 Å². The van der Waals surface area contributed by atoms with Crippen molar-refractivity contribution in [2.45, 2.75) is 43.7 Å². The molecule has 1 N–H and O–H groups in total. The van der Waals surface area contributed by atoms with Gasteiger partial charge in [0, 0.05) is 51.2 Å². The van der Waals surface area contributed by atoms with E-state index in [1.165, 1.54) is 5.56 Å². The van der Waals surface area contributed by atoms with Crippen molar-refractivity contribution in [3.05, 3.63) is 54.0 Å². The van der Waals surface area contributed by atoms with Crippen LogP contribution in [-0.4, -0.2) is 49.8 Å². The zero-order valence-corrected chi connectivity index (χ0v) is 17.1. The third-order valence-corrected chi connectivity index (χ3v) is 6.12. The Morgan fingerprint density at radius 3 is 2.86 bits per heavy atom. The van der Waals surface area contributed by atoms with Crippen LogP contribution in [0, 0.1) is 0 Å². The molecule has 0 aliphatic carbocycles. The first-order valence-electron chi connectivity index (χ1n) is 10.4.